The van der Waals surface area contributed by atoms with Crippen LogP contribution in [-0.4, -0.2) is 76.0 Å². The maximum Gasteiger partial charge on any atom is 0.319 e. The number of hydrogen-bond donors (Lipinski definition) is 2. The molecule has 3 aliphatic rings. The fourth-order valence-corrected chi connectivity index (χ4v) is 6.96. The van der Waals surface area contributed by atoms with Crippen molar-refractivity contribution in [3.8, 4) is 29.0 Å². The van der Waals surface area contributed by atoms with Crippen LogP contribution in [0, 0.1) is 24.1 Å². The van der Waals surface area contributed by atoms with Crippen molar-refractivity contribution in [2.24, 2.45) is 7.05 Å². The largest absolute Gasteiger partial charge is 0.507 e. The second-order valence-electron chi connectivity index (χ2n) is 11.5. The third-order valence-corrected chi connectivity index (χ3v) is 9.50. The Balaban J connectivity index is 1.44. The lowest BCUT2D eigenvalue weighted by Crippen LogP contribution is -2.51. The minimum absolute atomic E-state index is 0.0741. The van der Waals surface area contributed by atoms with Gasteiger partial charge in [0, 0.05) is 65.9 Å². The van der Waals surface area contributed by atoms with Crippen molar-refractivity contribution in [3.05, 3.63) is 40.3 Å². The molecule has 3 atom stereocenters. The van der Waals surface area contributed by atoms with Gasteiger partial charge in [0.15, 0.2) is 5.82 Å². The van der Waals surface area contributed by atoms with Crippen LogP contribution >= 0.6 is 11.6 Å². The van der Waals surface area contributed by atoms with Crippen molar-refractivity contribution in [3.63, 3.8) is 0 Å². The molecular formula is C30H31ClFN7O2. The summed E-state index contributed by atoms with van der Waals surface area (Å²) in [5, 5.41) is 25.2. The van der Waals surface area contributed by atoms with E-state index in [4.69, 9.17) is 21.3 Å². The number of phenolic OH excluding ortho intramolecular Hbond substituents is 1. The van der Waals surface area contributed by atoms with Gasteiger partial charge in [0.25, 0.3) is 0 Å². The lowest BCUT2D eigenvalue weighted by Gasteiger charge is -2.37. The Morgan fingerprint density at radius 2 is 1.93 bits per heavy atom. The van der Waals surface area contributed by atoms with Crippen molar-refractivity contribution in [2.75, 3.05) is 38.2 Å². The topological polar surface area (TPSA) is 102 Å². The Morgan fingerprint density at radius 3 is 2.59 bits per heavy atom. The number of phenols is 1. The van der Waals surface area contributed by atoms with E-state index in [9.17, 15) is 10.4 Å². The Hall–Kier alpha value is -3.65. The molecule has 9 nitrogen and oxygen atoms in total. The van der Waals surface area contributed by atoms with Gasteiger partial charge in [-0.3, -0.25) is 4.90 Å². The summed E-state index contributed by atoms with van der Waals surface area (Å²) >= 11 is 6.91. The fourth-order valence-electron chi connectivity index (χ4n) is 6.68. The molecule has 0 saturated carbocycles. The lowest BCUT2D eigenvalue weighted by molar-refractivity contribution is 0.0732. The summed E-state index contributed by atoms with van der Waals surface area (Å²) < 4.78 is 24.8. The molecule has 11 heteroatoms. The van der Waals surface area contributed by atoms with E-state index in [1.165, 1.54) is 6.07 Å². The number of ether oxygens (including phenoxy) is 1. The Bertz CT molecular complexity index is 1750. The second kappa shape index (κ2) is 9.72. The van der Waals surface area contributed by atoms with E-state index in [-0.39, 0.29) is 39.5 Å². The molecule has 7 rings (SSSR count). The van der Waals surface area contributed by atoms with Gasteiger partial charge in [-0.2, -0.15) is 15.2 Å². The SMILES string of the molecule is Cc1c(-c2c(Cl)cc3c(N4CC5CCC(C4)N5)nc(OC[C@@H]4CCN4C)nc3c2F)c2c(C#N)c(O)ccc2n1C. The molecule has 0 spiro atoms. The van der Waals surface area contributed by atoms with Gasteiger partial charge in [0.1, 0.15) is 35.3 Å². The molecule has 2 bridgehead atoms. The number of aryl methyl sites for hydroxylation is 1. The summed E-state index contributed by atoms with van der Waals surface area (Å²) in [6, 6.07) is 8.12. The molecule has 3 aliphatic heterocycles. The molecular weight excluding hydrogens is 545 g/mol. The number of fused-ring (bicyclic) bond motifs is 4. The average Bonchev–Trinajstić information content (AvgIpc) is 3.42. The Morgan fingerprint density at radius 1 is 1.17 bits per heavy atom. The van der Waals surface area contributed by atoms with Crippen LogP contribution in [0.25, 0.3) is 32.9 Å². The molecule has 3 saturated heterocycles. The highest BCUT2D eigenvalue weighted by atomic mass is 35.5. The lowest BCUT2D eigenvalue weighted by atomic mass is 9.96. The van der Waals surface area contributed by atoms with Crippen LogP contribution in [0.3, 0.4) is 0 Å². The number of nitriles is 1. The number of likely N-dealkylation sites (tertiary alicyclic amines) is 1. The molecule has 41 heavy (non-hydrogen) atoms. The molecule has 2 unspecified atom stereocenters. The quantitative estimate of drug-likeness (QED) is 0.359. The van der Waals surface area contributed by atoms with E-state index in [1.807, 2.05) is 18.5 Å². The van der Waals surface area contributed by atoms with Crippen molar-refractivity contribution in [1.82, 2.24) is 24.8 Å². The highest BCUT2D eigenvalue weighted by Gasteiger charge is 2.35. The van der Waals surface area contributed by atoms with E-state index < -0.39 is 5.82 Å². The van der Waals surface area contributed by atoms with Crippen LogP contribution in [0.2, 0.25) is 5.02 Å². The van der Waals surface area contributed by atoms with E-state index in [1.54, 1.807) is 12.1 Å². The molecule has 2 N–H and O–H groups in total. The number of likely N-dealkylation sites (N-methyl/N-ethyl adjacent to an activating group) is 1. The van der Waals surface area contributed by atoms with Gasteiger partial charge in [-0.25, -0.2) is 4.39 Å². The number of nitrogens with zero attached hydrogens (tertiary/aromatic N) is 6. The maximum atomic E-state index is 16.9. The molecule has 0 amide bonds. The first-order valence-electron chi connectivity index (χ1n) is 14.0. The first kappa shape index (κ1) is 26.3. The number of benzene rings is 2. The zero-order chi connectivity index (χ0) is 28.6. The van der Waals surface area contributed by atoms with Gasteiger partial charge in [0.2, 0.25) is 0 Å². The van der Waals surface area contributed by atoms with Crippen LogP contribution in [0.1, 0.15) is 30.5 Å². The van der Waals surface area contributed by atoms with Gasteiger partial charge in [0.05, 0.1) is 10.5 Å². The first-order valence-corrected chi connectivity index (χ1v) is 14.4. The number of nitrogens with one attached hydrogen (secondary N) is 1. The highest BCUT2D eigenvalue weighted by molar-refractivity contribution is 6.35. The molecule has 2 aromatic carbocycles. The van der Waals surface area contributed by atoms with Crippen LogP contribution in [0.15, 0.2) is 18.2 Å². The second-order valence-corrected chi connectivity index (χ2v) is 11.9. The van der Waals surface area contributed by atoms with Crippen LogP contribution < -0.4 is 15.0 Å². The standard InChI is InChI=1S/C30H31ClFN7O2/c1-15-24(25-20(11-33)23(40)7-6-22(25)38(15)3)26-21(31)10-19-28(27(26)32)35-30(41-14-18-8-9-37(18)2)36-29(19)39-12-16-4-5-17(13-39)34-16/h6-7,10,16-18,34,40H,4-5,8-9,12-14H2,1-3H3/t16?,17?,18-/m0/s1. The van der Waals surface area contributed by atoms with Crippen molar-refractivity contribution in [1.29, 1.82) is 5.26 Å². The van der Waals surface area contributed by atoms with E-state index in [0.717, 1.165) is 38.9 Å². The monoisotopic (exact) mass is 575 g/mol. The average molecular weight is 576 g/mol. The van der Waals surface area contributed by atoms with E-state index in [0.29, 0.717) is 52.1 Å². The smallest absolute Gasteiger partial charge is 0.319 e. The minimum Gasteiger partial charge on any atom is -0.507 e. The number of aromatic nitrogens is 3. The number of halogens is 2. The number of piperazine rings is 1. The molecule has 0 radical (unpaired) electrons. The molecule has 5 heterocycles. The Kier molecular flexibility index (Phi) is 6.23. The third-order valence-electron chi connectivity index (χ3n) is 9.20. The van der Waals surface area contributed by atoms with Crippen LogP contribution in [-0.2, 0) is 7.05 Å². The summed E-state index contributed by atoms with van der Waals surface area (Å²) in [4.78, 5) is 13.8. The predicted molar refractivity (Wildman–Crippen MR) is 156 cm³/mol. The van der Waals surface area contributed by atoms with Crippen LogP contribution in [0.5, 0.6) is 11.8 Å². The van der Waals surface area contributed by atoms with Gasteiger partial charge in [-0.15, -0.1) is 0 Å². The fraction of sp³-hybridized carbons (Fsp3) is 0.433. The van der Waals surface area contributed by atoms with E-state index in [2.05, 4.69) is 33.2 Å². The molecule has 212 valence electrons. The minimum atomic E-state index is -0.609. The molecule has 4 aromatic rings. The predicted octanol–water partition coefficient (Wildman–Crippen LogP) is 4.49. The molecule has 0 aliphatic carbocycles. The van der Waals surface area contributed by atoms with Gasteiger partial charge < -0.3 is 24.6 Å². The summed E-state index contributed by atoms with van der Waals surface area (Å²) in [5.41, 5.74) is 2.19. The first-order chi connectivity index (χ1) is 19.7. The normalized spacial score (nSPS) is 22.3. The van der Waals surface area contributed by atoms with Crippen LogP contribution in [0.4, 0.5) is 10.2 Å². The molecule has 2 aromatic heterocycles. The van der Waals surface area contributed by atoms with Crippen molar-refractivity contribution >= 4 is 39.2 Å². The number of anilines is 1. The number of hydrogen-bond acceptors (Lipinski definition) is 8. The van der Waals surface area contributed by atoms with Gasteiger partial charge in [-0.1, -0.05) is 11.6 Å². The third kappa shape index (κ3) is 4.09. The van der Waals surface area contributed by atoms with Gasteiger partial charge in [-0.05, 0) is 58.0 Å². The zero-order valence-electron chi connectivity index (χ0n) is 23.2. The molecule has 3 fully saturated rings. The highest BCUT2D eigenvalue weighted by Crippen LogP contribution is 2.45. The van der Waals surface area contributed by atoms with E-state index >= 15 is 4.39 Å². The zero-order valence-corrected chi connectivity index (χ0v) is 24.0. The van der Waals surface area contributed by atoms with Crippen molar-refractivity contribution < 1.29 is 14.2 Å². The number of rotatable bonds is 5. The summed E-state index contributed by atoms with van der Waals surface area (Å²) in [5.74, 6) is -0.163. The summed E-state index contributed by atoms with van der Waals surface area (Å²) in [7, 11) is 3.89. The summed E-state index contributed by atoms with van der Waals surface area (Å²) in [6.45, 7) is 4.79. The number of aromatic hydroxyl groups is 1. The van der Waals surface area contributed by atoms with Gasteiger partial charge >= 0.3 is 6.01 Å². The van der Waals surface area contributed by atoms with Crippen molar-refractivity contribution in [2.45, 2.75) is 44.3 Å². The Labute approximate surface area is 242 Å². The summed E-state index contributed by atoms with van der Waals surface area (Å²) in [6.07, 6.45) is 3.21. The maximum absolute atomic E-state index is 16.9.